The van der Waals surface area contributed by atoms with Gasteiger partial charge in [0.1, 0.15) is 11.3 Å². The fraction of sp³-hybridized carbons (Fsp3) is 0.222. The SMILES string of the molecule is CCSCC[n+]1ccc(C2=C(c3ccncc3)C3=NC4=NC(=Nc5[nH]c(c(=C6C=CNC=C6)c5-c5cc[n+](CCSCC)cc5)=NC5=NC(=NC2=N3)C(c2cc[n+](CCSCC)cc2)=C5c2ccncc2)C(c2cc[n+](CCSCC)cc2)=C4c2ccncc2)cc1. The molecule has 0 radical (unpaired) electrons. The maximum absolute atomic E-state index is 5.81. The lowest BCUT2D eigenvalue weighted by molar-refractivity contribution is -0.692. The smallest absolute Gasteiger partial charge is 0.169 e. The molecule has 0 aliphatic carbocycles. The van der Waals surface area contributed by atoms with Crippen LogP contribution in [0.3, 0.4) is 0 Å². The van der Waals surface area contributed by atoms with E-state index in [9.17, 15) is 0 Å². The van der Waals surface area contributed by atoms with Gasteiger partial charge in [-0.15, -0.1) is 0 Å². The quantitative estimate of drug-likeness (QED) is 0.0471. The van der Waals surface area contributed by atoms with Crippen molar-refractivity contribution in [1.82, 2.24) is 25.3 Å². The number of aryl methyl sites for hydroxylation is 4. The lowest BCUT2D eigenvalue weighted by atomic mass is 9.94. The Morgan fingerprint density at radius 1 is 0.337 bits per heavy atom. The second kappa shape index (κ2) is 29.5. The lowest BCUT2D eigenvalue weighted by Crippen LogP contribution is -2.34. The van der Waals surface area contributed by atoms with Crippen LogP contribution in [0.15, 0.2) is 231 Å². The summed E-state index contributed by atoms with van der Waals surface area (Å²) in [7, 11) is 0. The predicted molar refractivity (Wildman–Crippen MR) is 381 cm³/mol. The molecular weight excluding hydrogens is 1220 g/mol. The molecule has 458 valence electrons. The van der Waals surface area contributed by atoms with Crippen molar-refractivity contribution in [3.8, 4) is 11.1 Å². The predicted octanol–water partition coefficient (Wildman–Crippen LogP) is 10.3. The van der Waals surface area contributed by atoms with E-state index in [1.807, 2.05) is 133 Å². The molecule has 92 heavy (non-hydrogen) atoms. The second-order valence-corrected chi connectivity index (χ2v) is 27.2. The Kier molecular flexibility index (Phi) is 19.8. The number of hydrogen-bond acceptors (Lipinski definition) is 15. The van der Waals surface area contributed by atoms with Crippen LogP contribution < -0.4 is 34.3 Å². The number of allylic oxidation sites excluding steroid dienone is 2. The molecule has 0 saturated heterocycles. The van der Waals surface area contributed by atoms with Gasteiger partial charge in [0, 0.05) is 142 Å². The van der Waals surface area contributed by atoms with Gasteiger partial charge in [0.2, 0.25) is 0 Å². The van der Waals surface area contributed by atoms with Gasteiger partial charge in [0.05, 0.1) is 23.0 Å². The minimum Gasteiger partial charge on any atom is -0.368 e. The molecule has 0 atom stereocenters. The largest absolute Gasteiger partial charge is 0.368 e. The van der Waals surface area contributed by atoms with E-state index in [0.717, 1.165) is 161 Å². The molecule has 13 rings (SSSR count). The van der Waals surface area contributed by atoms with Gasteiger partial charge < -0.3 is 10.3 Å². The van der Waals surface area contributed by atoms with Crippen molar-refractivity contribution in [3.05, 3.63) is 240 Å². The van der Waals surface area contributed by atoms with E-state index in [-0.39, 0.29) is 0 Å². The fourth-order valence-electron chi connectivity index (χ4n) is 11.5. The molecule has 5 aliphatic rings. The zero-order valence-electron chi connectivity index (χ0n) is 51.9. The minimum atomic E-state index is 0.414. The first-order valence-electron chi connectivity index (χ1n) is 31.2. The van der Waals surface area contributed by atoms with Crippen LogP contribution in [-0.2, 0) is 26.2 Å². The third-order valence-electron chi connectivity index (χ3n) is 16.0. The molecule has 8 bridgehead atoms. The molecule has 8 aromatic heterocycles. The third-order valence-corrected chi connectivity index (χ3v) is 19.5. The number of hydrogen-bond donors (Lipinski definition) is 2. The third kappa shape index (κ3) is 13.6. The summed E-state index contributed by atoms with van der Waals surface area (Å²) in [5, 5.41) is 4.11. The van der Waals surface area contributed by atoms with Crippen LogP contribution in [0.25, 0.3) is 50.1 Å². The lowest BCUT2D eigenvalue weighted by Gasteiger charge is -2.11. The van der Waals surface area contributed by atoms with Crippen LogP contribution in [0.1, 0.15) is 61.1 Å². The maximum Gasteiger partial charge on any atom is 0.169 e. The number of nitrogens with one attached hydrogen (secondary N) is 2. The summed E-state index contributed by atoms with van der Waals surface area (Å²) in [5.41, 5.74) is 13.2. The first kappa shape index (κ1) is 61.8. The van der Waals surface area contributed by atoms with Crippen molar-refractivity contribution in [1.29, 1.82) is 0 Å². The number of nitrogens with zero attached hydrogens (tertiary/aromatic N) is 14. The Balaban J connectivity index is 1.16. The van der Waals surface area contributed by atoms with Gasteiger partial charge in [-0.1, -0.05) is 27.7 Å². The van der Waals surface area contributed by atoms with Gasteiger partial charge in [-0.2, -0.15) is 47.0 Å². The number of pyridine rings is 7. The van der Waals surface area contributed by atoms with Crippen LogP contribution in [0.5, 0.6) is 0 Å². The van der Waals surface area contributed by atoms with Crippen LogP contribution in [0.4, 0.5) is 5.82 Å². The monoisotopic (exact) mass is 1290 g/mol. The van der Waals surface area contributed by atoms with Gasteiger partial charge in [-0.05, 0) is 116 Å². The van der Waals surface area contributed by atoms with Gasteiger partial charge in [-0.3, -0.25) is 15.0 Å². The summed E-state index contributed by atoms with van der Waals surface area (Å²) in [6.45, 7) is 12.2. The van der Waals surface area contributed by atoms with E-state index < -0.39 is 0 Å². The van der Waals surface area contributed by atoms with Crippen molar-refractivity contribution in [2.45, 2.75) is 53.9 Å². The molecule has 0 fully saturated rings. The van der Waals surface area contributed by atoms with Crippen molar-refractivity contribution in [2.24, 2.45) is 34.9 Å². The molecule has 13 heterocycles. The van der Waals surface area contributed by atoms with E-state index in [1.165, 1.54) is 0 Å². The van der Waals surface area contributed by atoms with Crippen LogP contribution in [-0.4, -0.2) is 101 Å². The molecule has 8 aromatic rings. The Morgan fingerprint density at radius 3 is 0.935 bits per heavy atom. The standard InChI is InChI=1S/C72H69N16S4/c1-5-89-45-41-85-33-17-53(18-34-85)61-57(49-9-25-73-26-10-49)65-77-66-59(51-13-29-75-30-14-51)63(55-21-37-87(38-22-55)43-47-91-7-3)71(81-66)84-72-64(56-23-39-88(40-24-56)44-48-92-8-4)60(52-15-31-76-32-16-52)68(82-72)78-67-58(50-11-27-74-28-12-50)62(70(80-67)83-69(61)79-65)54-19-35-86(36-20-54)42-46-90-6-2/h9-40H,5-8,41-48H2,1-4H3,(H,73,74,75,76,77,78,79,80,81,82,83,84)/q+3/p+1. The van der Waals surface area contributed by atoms with Gasteiger partial charge in [0.25, 0.3) is 0 Å². The molecule has 0 aromatic carbocycles. The number of aromatic amines is 1. The van der Waals surface area contributed by atoms with Gasteiger partial charge in [-0.25, -0.2) is 53.2 Å². The normalized spacial score (nSPS) is 15.1. The van der Waals surface area contributed by atoms with E-state index in [0.29, 0.717) is 46.3 Å². The molecule has 20 heteroatoms. The molecule has 0 unspecified atom stereocenters. The van der Waals surface area contributed by atoms with E-state index in [4.69, 9.17) is 34.9 Å². The summed E-state index contributed by atoms with van der Waals surface area (Å²) < 4.78 is 8.92. The number of thioether (sulfide) groups is 4. The number of H-pyrrole nitrogens is 1. The van der Waals surface area contributed by atoms with E-state index in [1.54, 1.807) is 0 Å². The maximum atomic E-state index is 5.81. The number of aromatic nitrogens is 8. The summed E-state index contributed by atoms with van der Waals surface area (Å²) >= 11 is 7.69. The van der Waals surface area contributed by atoms with E-state index in [2.05, 4.69) is 181 Å². The Morgan fingerprint density at radius 2 is 0.620 bits per heavy atom. The Bertz CT molecular complexity index is 4510. The Hall–Kier alpha value is -9.08. The molecule has 16 nitrogen and oxygen atoms in total. The van der Waals surface area contributed by atoms with Crippen LogP contribution in [0.2, 0.25) is 0 Å². The Labute approximate surface area is 553 Å². The summed E-state index contributed by atoms with van der Waals surface area (Å²) in [6.07, 6.45) is 36.1. The number of rotatable bonds is 23. The molecular formula is C72H70N16S4+4. The number of dihydropyridines is 1. The minimum absolute atomic E-state index is 0.414. The molecule has 2 N–H and O–H groups in total. The highest BCUT2D eigenvalue weighted by Crippen LogP contribution is 2.42. The van der Waals surface area contributed by atoms with Crippen molar-refractivity contribution >= 4 is 127 Å². The first-order valence-corrected chi connectivity index (χ1v) is 35.8. The van der Waals surface area contributed by atoms with Gasteiger partial charge in [0.15, 0.2) is 111 Å². The first-order chi connectivity index (χ1) is 45.5. The summed E-state index contributed by atoms with van der Waals surface area (Å²) in [5.74, 6) is 11.3. The molecule has 0 saturated carbocycles. The molecule has 0 amide bonds. The van der Waals surface area contributed by atoms with Gasteiger partial charge >= 0.3 is 0 Å². The van der Waals surface area contributed by atoms with Crippen molar-refractivity contribution < 1.29 is 18.3 Å². The summed E-state index contributed by atoms with van der Waals surface area (Å²) in [4.78, 5) is 57.4. The highest BCUT2D eigenvalue weighted by molar-refractivity contribution is 7.99. The average molecular weight is 1290 g/mol. The van der Waals surface area contributed by atoms with Crippen LogP contribution in [0, 0.1) is 0 Å². The zero-order valence-corrected chi connectivity index (χ0v) is 55.1. The number of fused-ring (bicyclic) bond motifs is 5. The van der Waals surface area contributed by atoms with Crippen LogP contribution >= 0.6 is 47.0 Å². The second-order valence-electron chi connectivity index (χ2n) is 21.6. The molecule has 5 aliphatic heterocycles. The summed E-state index contributed by atoms with van der Waals surface area (Å²) in [6, 6.07) is 29.4. The number of amidine groups is 6. The highest BCUT2D eigenvalue weighted by atomic mass is 32.2. The zero-order chi connectivity index (χ0) is 62.6. The highest BCUT2D eigenvalue weighted by Gasteiger charge is 2.36. The van der Waals surface area contributed by atoms with Crippen molar-refractivity contribution in [2.75, 3.05) is 46.0 Å². The topological polar surface area (TPSA) is 169 Å². The fourth-order valence-corrected chi connectivity index (χ4v) is 14.0. The molecule has 0 spiro atoms. The number of aliphatic imine (C=N–C) groups is 6. The van der Waals surface area contributed by atoms with E-state index >= 15 is 0 Å². The average Bonchev–Trinajstić information content (AvgIpc) is 1.62. The van der Waals surface area contributed by atoms with Crippen molar-refractivity contribution in [3.63, 3.8) is 0 Å².